The zero-order valence-corrected chi connectivity index (χ0v) is 18.0. The highest BCUT2D eigenvalue weighted by Crippen LogP contribution is 2.39. The maximum absolute atomic E-state index is 12.0. The van der Waals surface area contributed by atoms with Crippen LogP contribution in [0.2, 0.25) is 5.02 Å². The van der Waals surface area contributed by atoms with Gasteiger partial charge in [0, 0.05) is 31.1 Å². The minimum atomic E-state index is -3.01. The molecule has 0 bridgehead atoms. The van der Waals surface area contributed by atoms with Crippen LogP contribution in [-0.4, -0.2) is 64.8 Å². The van der Waals surface area contributed by atoms with Crippen LogP contribution in [0.5, 0.6) is 0 Å². The predicted octanol–water partition coefficient (Wildman–Crippen LogP) is 1.54. The Labute approximate surface area is 179 Å². The minimum Gasteiger partial charge on any atom is -0.355 e. The van der Waals surface area contributed by atoms with Gasteiger partial charge in [0.05, 0.1) is 40.4 Å². The summed E-state index contributed by atoms with van der Waals surface area (Å²) in [6.45, 7) is 2.89. The van der Waals surface area contributed by atoms with E-state index in [1.165, 1.54) is 0 Å². The summed E-state index contributed by atoms with van der Waals surface area (Å²) in [6.07, 6.45) is 10.5. The third-order valence-corrected chi connectivity index (χ3v) is 7.68. The summed E-state index contributed by atoms with van der Waals surface area (Å²) < 4.78 is 25.9. The number of imidazole rings is 1. The second kappa shape index (κ2) is 7.09. The molecule has 0 saturated carbocycles. The number of nitrogens with zero attached hydrogens (tertiary/aromatic N) is 6. The Morgan fingerprint density at radius 3 is 2.83 bits per heavy atom. The topological polar surface area (TPSA) is 99.5 Å². The number of fused-ring (bicyclic) bond motifs is 2. The normalized spacial score (nSPS) is 24.4. The fourth-order valence-electron chi connectivity index (χ4n) is 4.27. The number of aliphatic imine (C=N–C) groups is 1. The molecular formula is C19H22ClN7O2S. The van der Waals surface area contributed by atoms with Crippen LogP contribution in [0.15, 0.2) is 47.8 Å². The molecule has 158 valence electrons. The Morgan fingerprint density at radius 1 is 1.30 bits per heavy atom. The van der Waals surface area contributed by atoms with E-state index in [0.717, 1.165) is 22.7 Å². The molecule has 2 N–H and O–H groups in total. The first kappa shape index (κ1) is 19.6. The van der Waals surface area contributed by atoms with Crippen molar-refractivity contribution in [1.29, 1.82) is 0 Å². The van der Waals surface area contributed by atoms with Gasteiger partial charge in [-0.2, -0.15) is 5.01 Å². The first-order valence-corrected chi connectivity index (χ1v) is 11.9. The van der Waals surface area contributed by atoms with Crippen molar-refractivity contribution in [2.75, 3.05) is 29.5 Å². The van der Waals surface area contributed by atoms with E-state index < -0.39 is 9.84 Å². The third kappa shape index (κ3) is 3.11. The molecule has 5 rings (SSSR count). The highest BCUT2D eigenvalue weighted by atomic mass is 35.5. The number of anilines is 1. The van der Waals surface area contributed by atoms with Gasteiger partial charge in [0.2, 0.25) is 0 Å². The molecule has 0 aliphatic carbocycles. The summed E-state index contributed by atoms with van der Waals surface area (Å²) in [6, 6.07) is 1.77. The number of nitrogens with two attached hydrogens (primary N) is 1. The number of sulfone groups is 1. The van der Waals surface area contributed by atoms with E-state index in [1.54, 1.807) is 18.7 Å². The summed E-state index contributed by atoms with van der Waals surface area (Å²) in [4.78, 5) is 10.8. The second-order valence-corrected chi connectivity index (χ2v) is 10.3. The zero-order chi connectivity index (χ0) is 21.0. The van der Waals surface area contributed by atoms with Crippen molar-refractivity contribution in [1.82, 2.24) is 19.4 Å². The average Bonchev–Trinajstić information content (AvgIpc) is 3.32. The third-order valence-electron chi connectivity index (χ3n) is 5.77. The lowest BCUT2D eigenvalue weighted by Gasteiger charge is -2.39. The van der Waals surface area contributed by atoms with E-state index in [4.69, 9.17) is 17.3 Å². The van der Waals surface area contributed by atoms with Gasteiger partial charge < -0.3 is 10.6 Å². The monoisotopic (exact) mass is 447 g/mol. The van der Waals surface area contributed by atoms with Crippen LogP contribution in [0.3, 0.4) is 0 Å². The van der Waals surface area contributed by atoms with E-state index in [-0.39, 0.29) is 23.7 Å². The van der Waals surface area contributed by atoms with Crippen molar-refractivity contribution in [2.24, 2.45) is 10.7 Å². The molecule has 2 unspecified atom stereocenters. The van der Waals surface area contributed by atoms with Crippen molar-refractivity contribution < 1.29 is 8.42 Å². The molecule has 30 heavy (non-hydrogen) atoms. The number of hydrazine groups is 1. The van der Waals surface area contributed by atoms with E-state index in [2.05, 4.69) is 21.8 Å². The number of allylic oxidation sites excluding steroid dienone is 1. The van der Waals surface area contributed by atoms with E-state index in [0.29, 0.717) is 18.1 Å². The summed E-state index contributed by atoms with van der Waals surface area (Å²) in [5.41, 5.74) is 8.15. The van der Waals surface area contributed by atoms with Crippen LogP contribution < -0.4 is 10.6 Å². The molecule has 2 atom stereocenters. The van der Waals surface area contributed by atoms with Gasteiger partial charge in [-0.15, -0.1) is 0 Å². The molecule has 2 aromatic heterocycles. The highest BCUT2D eigenvalue weighted by molar-refractivity contribution is 7.91. The Morgan fingerprint density at radius 2 is 2.07 bits per heavy atom. The molecular weight excluding hydrogens is 426 g/mol. The number of pyridine rings is 1. The Balaban J connectivity index is 1.60. The molecule has 5 heterocycles. The molecule has 0 amide bonds. The molecule has 3 aliphatic rings. The number of hydrogen-bond acceptors (Lipinski definition) is 8. The number of halogens is 1. The van der Waals surface area contributed by atoms with Crippen LogP contribution in [0.25, 0.3) is 5.52 Å². The van der Waals surface area contributed by atoms with E-state index in [1.807, 2.05) is 38.8 Å². The first-order chi connectivity index (χ1) is 14.4. The summed E-state index contributed by atoms with van der Waals surface area (Å²) in [7, 11) is -3.01. The van der Waals surface area contributed by atoms with Gasteiger partial charge in [-0.05, 0) is 25.1 Å². The Hall–Kier alpha value is -2.40. The van der Waals surface area contributed by atoms with Crippen molar-refractivity contribution >= 4 is 39.0 Å². The maximum Gasteiger partial charge on any atom is 0.153 e. The fraction of sp³-hybridized carbons (Fsp3) is 0.368. The van der Waals surface area contributed by atoms with Crippen molar-refractivity contribution in [3.05, 3.63) is 53.3 Å². The van der Waals surface area contributed by atoms with Gasteiger partial charge in [0.15, 0.2) is 9.84 Å². The number of hydrogen-bond donors (Lipinski definition) is 1. The predicted molar refractivity (Wildman–Crippen MR) is 117 cm³/mol. The van der Waals surface area contributed by atoms with E-state index in [9.17, 15) is 8.42 Å². The van der Waals surface area contributed by atoms with Crippen LogP contribution >= 0.6 is 11.6 Å². The fourth-order valence-corrected chi connectivity index (χ4v) is 5.73. The Kier molecular flexibility index (Phi) is 4.62. The summed E-state index contributed by atoms with van der Waals surface area (Å²) in [5.74, 6) is 1.91. The van der Waals surface area contributed by atoms with Crippen LogP contribution in [-0.2, 0) is 9.84 Å². The van der Waals surface area contributed by atoms with Gasteiger partial charge in [-0.1, -0.05) is 11.6 Å². The lowest BCUT2D eigenvalue weighted by atomic mass is 10.1. The lowest BCUT2D eigenvalue weighted by Crippen LogP contribution is -2.47. The van der Waals surface area contributed by atoms with Gasteiger partial charge in [0.1, 0.15) is 18.0 Å². The molecule has 0 radical (unpaired) electrons. The average molecular weight is 448 g/mol. The SMILES string of the molecule is CC(c1cc(Cl)c2cncn2c1N1CCS(=O)(=O)CC1)N1C(N)C=C2N=CC=CN21. The highest BCUT2D eigenvalue weighted by Gasteiger charge is 2.36. The molecule has 0 aromatic carbocycles. The Bertz CT molecular complexity index is 1190. The van der Waals surface area contributed by atoms with E-state index >= 15 is 0 Å². The standard InChI is InChI=1S/C19H22ClN7O2S/c1-13(27-17(21)10-18-23-3-2-4-26(18)27)14-9-15(20)16-11-22-12-25(16)19(14)24-5-7-30(28,29)8-6-24/h2-4,9-13,17H,5-8,21H2,1H3. The molecule has 1 fully saturated rings. The summed E-state index contributed by atoms with van der Waals surface area (Å²) in [5, 5.41) is 4.54. The number of rotatable bonds is 3. The largest absolute Gasteiger partial charge is 0.355 e. The molecule has 0 spiro atoms. The zero-order valence-electron chi connectivity index (χ0n) is 16.4. The van der Waals surface area contributed by atoms with Crippen LogP contribution in [0.1, 0.15) is 18.5 Å². The number of aromatic nitrogens is 2. The molecule has 3 aliphatic heterocycles. The molecule has 1 saturated heterocycles. The minimum absolute atomic E-state index is 0.123. The molecule has 11 heteroatoms. The van der Waals surface area contributed by atoms with Gasteiger partial charge in [-0.25, -0.2) is 18.4 Å². The molecule has 9 nitrogen and oxygen atoms in total. The second-order valence-electron chi connectivity index (χ2n) is 7.59. The maximum atomic E-state index is 12.0. The first-order valence-electron chi connectivity index (χ1n) is 9.71. The molecule has 2 aromatic rings. The lowest BCUT2D eigenvalue weighted by molar-refractivity contribution is 0.00909. The van der Waals surface area contributed by atoms with Crippen molar-refractivity contribution in [3.63, 3.8) is 0 Å². The van der Waals surface area contributed by atoms with Crippen LogP contribution in [0, 0.1) is 0 Å². The smallest absolute Gasteiger partial charge is 0.153 e. The van der Waals surface area contributed by atoms with Gasteiger partial charge in [0.25, 0.3) is 0 Å². The van der Waals surface area contributed by atoms with Crippen molar-refractivity contribution in [2.45, 2.75) is 19.1 Å². The van der Waals surface area contributed by atoms with Crippen molar-refractivity contribution in [3.8, 4) is 0 Å². The quantitative estimate of drug-likeness (QED) is 0.761. The van der Waals surface area contributed by atoms with Gasteiger partial charge in [-0.3, -0.25) is 9.41 Å². The van der Waals surface area contributed by atoms with Crippen LogP contribution in [0.4, 0.5) is 5.82 Å². The summed E-state index contributed by atoms with van der Waals surface area (Å²) >= 11 is 6.60. The van der Waals surface area contributed by atoms with Gasteiger partial charge >= 0.3 is 0 Å².